The Bertz CT molecular complexity index is 637. The maximum atomic E-state index is 12.9. The highest BCUT2D eigenvalue weighted by atomic mass is 16.2. The van der Waals surface area contributed by atoms with Gasteiger partial charge in [-0.3, -0.25) is 14.7 Å². The summed E-state index contributed by atoms with van der Waals surface area (Å²) in [6.07, 6.45) is 5.07. The second-order valence-corrected chi connectivity index (χ2v) is 7.23. The molecule has 7 heteroatoms. The van der Waals surface area contributed by atoms with Crippen LogP contribution in [0.25, 0.3) is 0 Å². The number of rotatable bonds is 4. The molecule has 4 rings (SSSR count). The van der Waals surface area contributed by atoms with Crippen molar-refractivity contribution in [3.05, 3.63) is 17.0 Å². The van der Waals surface area contributed by atoms with Crippen LogP contribution in [0.4, 0.5) is 0 Å². The number of hydrogen-bond acceptors (Lipinski definition) is 4. The first kappa shape index (κ1) is 15.6. The largest absolute Gasteiger partial charge is 0.356 e. The number of amides is 2. The zero-order valence-electron chi connectivity index (χ0n) is 13.9. The molecular formula is C17H25N5O2. The Hall–Kier alpha value is -1.89. The van der Waals surface area contributed by atoms with Crippen molar-refractivity contribution < 1.29 is 9.59 Å². The van der Waals surface area contributed by atoms with Crippen LogP contribution in [0.1, 0.15) is 47.4 Å². The number of H-pyrrole nitrogens is 1. The zero-order chi connectivity index (χ0) is 16.5. The molecule has 1 saturated carbocycles. The molecule has 7 nitrogen and oxygen atoms in total. The molecule has 1 aromatic heterocycles. The number of carbonyl (C=O) groups is 2. The van der Waals surface area contributed by atoms with Gasteiger partial charge in [0.05, 0.1) is 5.92 Å². The number of aromatic amines is 1. The lowest BCUT2D eigenvalue weighted by Gasteiger charge is -2.32. The molecule has 0 bridgehead atoms. The Morgan fingerprint density at radius 2 is 2.17 bits per heavy atom. The number of fused-ring (bicyclic) bond motifs is 1. The lowest BCUT2D eigenvalue weighted by Crippen LogP contribution is -2.46. The third kappa shape index (κ3) is 3.17. The van der Waals surface area contributed by atoms with E-state index in [1.165, 1.54) is 12.8 Å². The SMILES string of the molecule is O=C(NCC1CC1)C1CCCN(C(=O)c2n[nH]c3c2CNCC3)C1. The van der Waals surface area contributed by atoms with Crippen LogP contribution in [0.15, 0.2) is 0 Å². The first-order valence-electron chi connectivity index (χ1n) is 9.06. The van der Waals surface area contributed by atoms with Gasteiger partial charge in [0.1, 0.15) is 0 Å². The van der Waals surface area contributed by atoms with Gasteiger partial charge < -0.3 is 15.5 Å². The first-order chi connectivity index (χ1) is 11.7. The Morgan fingerprint density at radius 1 is 1.29 bits per heavy atom. The third-order valence-electron chi connectivity index (χ3n) is 5.35. The highest BCUT2D eigenvalue weighted by Crippen LogP contribution is 2.28. The zero-order valence-corrected chi connectivity index (χ0v) is 13.9. The van der Waals surface area contributed by atoms with E-state index >= 15 is 0 Å². The molecule has 1 saturated heterocycles. The minimum atomic E-state index is -0.0886. The Kier molecular flexibility index (Phi) is 4.26. The molecule has 3 aliphatic rings. The van der Waals surface area contributed by atoms with E-state index in [0.717, 1.165) is 43.6 Å². The number of piperidine rings is 1. The molecule has 0 aromatic carbocycles. The summed E-state index contributed by atoms with van der Waals surface area (Å²) in [5.41, 5.74) is 2.58. The van der Waals surface area contributed by atoms with Crippen molar-refractivity contribution in [3.8, 4) is 0 Å². The molecule has 130 valence electrons. The fourth-order valence-corrected chi connectivity index (χ4v) is 3.64. The number of nitrogens with zero attached hydrogens (tertiary/aromatic N) is 2. The fourth-order valence-electron chi connectivity index (χ4n) is 3.64. The topological polar surface area (TPSA) is 90.1 Å². The quantitative estimate of drug-likeness (QED) is 0.746. The second kappa shape index (κ2) is 6.55. The van der Waals surface area contributed by atoms with Gasteiger partial charge in [-0.2, -0.15) is 5.10 Å². The van der Waals surface area contributed by atoms with Gasteiger partial charge in [0, 0.05) is 50.4 Å². The normalized spacial score (nSPS) is 23.7. The number of aromatic nitrogens is 2. The summed E-state index contributed by atoms with van der Waals surface area (Å²) in [5.74, 6) is 0.647. The lowest BCUT2D eigenvalue weighted by atomic mass is 9.96. The van der Waals surface area contributed by atoms with E-state index in [1.807, 2.05) is 0 Å². The lowest BCUT2D eigenvalue weighted by molar-refractivity contribution is -0.126. The van der Waals surface area contributed by atoms with Crippen molar-refractivity contribution in [1.29, 1.82) is 0 Å². The van der Waals surface area contributed by atoms with Gasteiger partial charge >= 0.3 is 0 Å². The maximum absolute atomic E-state index is 12.9. The number of carbonyl (C=O) groups excluding carboxylic acids is 2. The Balaban J connectivity index is 1.40. The van der Waals surface area contributed by atoms with Gasteiger partial charge in [-0.1, -0.05) is 0 Å². The molecule has 1 atom stereocenters. The van der Waals surface area contributed by atoms with E-state index < -0.39 is 0 Å². The highest BCUT2D eigenvalue weighted by molar-refractivity contribution is 5.94. The molecule has 2 amide bonds. The van der Waals surface area contributed by atoms with E-state index in [2.05, 4.69) is 20.8 Å². The highest BCUT2D eigenvalue weighted by Gasteiger charge is 2.32. The number of nitrogens with one attached hydrogen (secondary N) is 3. The summed E-state index contributed by atoms with van der Waals surface area (Å²) < 4.78 is 0. The van der Waals surface area contributed by atoms with Gasteiger partial charge in [-0.15, -0.1) is 0 Å². The van der Waals surface area contributed by atoms with Crippen molar-refractivity contribution in [2.75, 3.05) is 26.2 Å². The molecule has 3 heterocycles. The van der Waals surface area contributed by atoms with Crippen molar-refractivity contribution >= 4 is 11.8 Å². The Morgan fingerprint density at radius 3 is 3.00 bits per heavy atom. The molecule has 1 aliphatic carbocycles. The van der Waals surface area contributed by atoms with Crippen LogP contribution in [0.2, 0.25) is 0 Å². The molecule has 3 N–H and O–H groups in total. The van der Waals surface area contributed by atoms with Crippen LogP contribution in [0.3, 0.4) is 0 Å². The van der Waals surface area contributed by atoms with Gasteiger partial charge in [-0.25, -0.2) is 0 Å². The summed E-state index contributed by atoms with van der Waals surface area (Å²) in [6.45, 7) is 3.61. The third-order valence-corrected chi connectivity index (χ3v) is 5.35. The molecule has 0 spiro atoms. The van der Waals surface area contributed by atoms with Crippen molar-refractivity contribution in [2.45, 2.75) is 38.6 Å². The molecule has 2 fully saturated rings. The monoisotopic (exact) mass is 331 g/mol. The predicted octanol–water partition coefficient (Wildman–Crippen LogP) is 0.434. The molecule has 1 aromatic rings. The molecule has 2 aliphatic heterocycles. The predicted molar refractivity (Wildman–Crippen MR) is 88.4 cm³/mol. The van der Waals surface area contributed by atoms with Gasteiger partial charge in [0.25, 0.3) is 5.91 Å². The minimum absolute atomic E-state index is 0.0455. The smallest absolute Gasteiger partial charge is 0.274 e. The Labute approximate surface area is 141 Å². The fraction of sp³-hybridized carbons (Fsp3) is 0.706. The number of hydrogen-bond donors (Lipinski definition) is 3. The summed E-state index contributed by atoms with van der Waals surface area (Å²) in [5, 5.41) is 13.6. The van der Waals surface area contributed by atoms with Crippen LogP contribution in [0, 0.1) is 11.8 Å². The van der Waals surface area contributed by atoms with E-state index in [4.69, 9.17) is 0 Å². The van der Waals surface area contributed by atoms with Crippen LogP contribution >= 0.6 is 0 Å². The summed E-state index contributed by atoms with van der Waals surface area (Å²) in [6, 6.07) is 0. The number of likely N-dealkylation sites (tertiary alicyclic amines) is 1. The molecular weight excluding hydrogens is 306 g/mol. The van der Waals surface area contributed by atoms with Crippen molar-refractivity contribution in [2.24, 2.45) is 11.8 Å². The summed E-state index contributed by atoms with van der Waals surface area (Å²) >= 11 is 0. The summed E-state index contributed by atoms with van der Waals surface area (Å²) in [7, 11) is 0. The second-order valence-electron chi connectivity index (χ2n) is 7.23. The molecule has 0 radical (unpaired) electrons. The maximum Gasteiger partial charge on any atom is 0.274 e. The van der Waals surface area contributed by atoms with Gasteiger partial charge in [-0.05, 0) is 31.6 Å². The van der Waals surface area contributed by atoms with Crippen LogP contribution in [-0.2, 0) is 17.8 Å². The van der Waals surface area contributed by atoms with Crippen LogP contribution in [0.5, 0.6) is 0 Å². The minimum Gasteiger partial charge on any atom is -0.356 e. The van der Waals surface area contributed by atoms with E-state index in [-0.39, 0.29) is 17.7 Å². The average molecular weight is 331 g/mol. The molecule has 1 unspecified atom stereocenters. The van der Waals surface area contributed by atoms with E-state index in [1.54, 1.807) is 4.90 Å². The van der Waals surface area contributed by atoms with Crippen molar-refractivity contribution in [3.63, 3.8) is 0 Å². The van der Waals surface area contributed by atoms with Gasteiger partial charge in [0.15, 0.2) is 5.69 Å². The standard InChI is InChI=1S/C17H25N5O2/c23-16(19-8-11-3-4-11)12-2-1-7-22(10-12)17(24)15-13-9-18-6-5-14(13)20-21-15/h11-12,18H,1-10H2,(H,19,23)(H,20,21). The van der Waals surface area contributed by atoms with E-state index in [0.29, 0.717) is 31.2 Å². The van der Waals surface area contributed by atoms with Crippen LogP contribution < -0.4 is 10.6 Å². The average Bonchev–Trinajstić information content (AvgIpc) is 3.36. The van der Waals surface area contributed by atoms with Crippen LogP contribution in [-0.4, -0.2) is 53.1 Å². The summed E-state index contributed by atoms with van der Waals surface area (Å²) in [4.78, 5) is 27.0. The van der Waals surface area contributed by atoms with Gasteiger partial charge in [0.2, 0.25) is 5.91 Å². The molecule has 24 heavy (non-hydrogen) atoms. The van der Waals surface area contributed by atoms with Crippen molar-refractivity contribution in [1.82, 2.24) is 25.7 Å². The van der Waals surface area contributed by atoms with E-state index in [9.17, 15) is 9.59 Å². The first-order valence-corrected chi connectivity index (χ1v) is 9.06.